The number of likely N-dealkylation sites (N-methyl/N-ethyl adjacent to an activating group) is 2. The second-order valence-electron chi connectivity index (χ2n) is 5.33. The van der Waals surface area contributed by atoms with E-state index >= 15 is 0 Å². The van der Waals surface area contributed by atoms with Crippen molar-refractivity contribution < 1.29 is 0 Å². The molecular formula is C15H25N3. The van der Waals surface area contributed by atoms with Gasteiger partial charge in [-0.2, -0.15) is 0 Å². The van der Waals surface area contributed by atoms with E-state index in [-0.39, 0.29) is 0 Å². The summed E-state index contributed by atoms with van der Waals surface area (Å²) in [6.07, 6.45) is 1.10. The number of rotatable bonds is 4. The minimum atomic E-state index is 0.310. The summed E-state index contributed by atoms with van der Waals surface area (Å²) in [6, 6.07) is 11.5. The second kappa shape index (κ2) is 6.32. The molecule has 0 spiro atoms. The van der Waals surface area contributed by atoms with Gasteiger partial charge in [0.25, 0.3) is 0 Å². The maximum absolute atomic E-state index is 6.30. The molecule has 100 valence electrons. The zero-order valence-corrected chi connectivity index (χ0v) is 11.5. The lowest BCUT2D eigenvalue weighted by atomic mass is 9.98. The van der Waals surface area contributed by atoms with Gasteiger partial charge in [0.15, 0.2) is 0 Å². The number of nitrogens with zero attached hydrogens (tertiary/aromatic N) is 2. The summed E-state index contributed by atoms with van der Waals surface area (Å²) in [7, 11) is 2.19. The van der Waals surface area contributed by atoms with E-state index in [1.165, 1.54) is 5.56 Å². The van der Waals surface area contributed by atoms with Crippen LogP contribution >= 0.6 is 0 Å². The minimum absolute atomic E-state index is 0.310. The van der Waals surface area contributed by atoms with Gasteiger partial charge >= 0.3 is 0 Å². The van der Waals surface area contributed by atoms with Gasteiger partial charge in [0.2, 0.25) is 0 Å². The first-order chi connectivity index (χ1) is 8.70. The van der Waals surface area contributed by atoms with E-state index in [2.05, 4.69) is 54.1 Å². The summed E-state index contributed by atoms with van der Waals surface area (Å²) in [5, 5.41) is 0. The Balaban J connectivity index is 2.03. The normalized spacial score (nSPS) is 25.6. The molecule has 2 atom stereocenters. The molecule has 0 amide bonds. The lowest BCUT2D eigenvalue weighted by Gasteiger charge is -2.41. The smallest absolute Gasteiger partial charge is 0.0378 e. The molecule has 1 fully saturated rings. The monoisotopic (exact) mass is 247 g/mol. The maximum atomic E-state index is 6.30. The molecular weight excluding hydrogens is 222 g/mol. The lowest BCUT2D eigenvalue weighted by molar-refractivity contribution is 0.0935. The average molecular weight is 247 g/mol. The van der Waals surface area contributed by atoms with Crippen LogP contribution in [-0.2, 0) is 6.54 Å². The van der Waals surface area contributed by atoms with Gasteiger partial charge in [0.1, 0.15) is 0 Å². The molecule has 0 aliphatic carbocycles. The Hall–Kier alpha value is -0.900. The predicted molar refractivity (Wildman–Crippen MR) is 76.4 cm³/mol. The van der Waals surface area contributed by atoms with Crippen molar-refractivity contribution in [2.45, 2.75) is 32.0 Å². The predicted octanol–water partition coefficient (Wildman–Crippen LogP) is 1.54. The third-order valence-electron chi connectivity index (χ3n) is 3.94. The van der Waals surface area contributed by atoms with Crippen LogP contribution in [0.3, 0.4) is 0 Å². The maximum Gasteiger partial charge on any atom is 0.0378 e. The molecule has 18 heavy (non-hydrogen) atoms. The Morgan fingerprint density at radius 3 is 2.72 bits per heavy atom. The van der Waals surface area contributed by atoms with Gasteiger partial charge in [-0.05, 0) is 32.1 Å². The fraction of sp³-hybridized carbons (Fsp3) is 0.600. The van der Waals surface area contributed by atoms with Crippen molar-refractivity contribution in [2.75, 3.05) is 26.7 Å². The summed E-state index contributed by atoms with van der Waals surface area (Å²) in [5.74, 6) is 0. The molecule has 1 saturated heterocycles. The fourth-order valence-electron chi connectivity index (χ4n) is 2.78. The molecule has 0 saturated carbocycles. The van der Waals surface area contributed by atoms with E-state index < -0.39 is 0 Å². The first-order valence-electron chi connectivity index (χ1n) is 6.92. The third-order valence-corrected chi connectivity index (χ3v) is 3.94. The second-order valence-corrected chi connectivity index (χ2v) is 5.33. The van der Waals surface area contributed by atoms with Crippen molar-refractivity contribution in [3.8, 4) is 0 Å². The molecule has 1 aromatic rings. The minimum Gasteiger partial charge on any atom is -0.326 e. The van der Waals surface area contributed by atoms with E-state index in [0.717, 1.165) is 32.6 Å². The van der Waals surface area contributed by atoms with E-state index in [1.54, 1.807) is 0 Å². The van der Waals surface area contributed by atoms with Crippen LogP contribution in [0.4, 0.5) is 0 Å². The van der Waals surface area contributed by atoms with Gasteiger partial charge < -0.3 is 10.6 Å². The van der Waals surface area contributed by atoms with Crippen molar-refractivity contribution >= 4 is 0 Å². The van der Waals surface area contributed by atoms with E-state index in [9.17, 15) is 0 Å². The highest BCUT2D eigenvalue weighted by atomic mass is 15.2. The topological polar surface area (TPSA) is 32.5 Å². The van der Waals surface area contributed by atoms with Crippen LogP contribution < -0.4 is 5.73 Å². The molecule has 1 aromatic carbocycles. The van der Waals surface area contributed by atoms with Crippen molar-refractivity contribution in [1.82, 2.24) is 9.80 Å². The average Bonchev–Trinajstić information content (AvgIpc) is 2.40. The van der Waals surface area contributed by atoms with Crippen molar-refractivity contribution in [1.29, 1.82) is 0 Å². The van der Waals surface area contributed by atoms with E-state index in [0.29, 0.717) is 12.1 Å². The first-order valence-corrected chi connectivity index (χ1v) is 6.92. The van der Waals surface area contributed by atoms with Gasteiger partial charge in [-0.15, -0.1) is 0 Å². The number of nitrogens with two attached hydrogens (primary N) is 1. The largest absolute Gasteiger partial charge is 0.326 e. The van der Waals surface area contributed by atoms with Crippen LogP contribution in [0.25, 0.3) is 0 Å². The molecule has 3 nitrogen and oxygen atoms in total. The molecule has 1 heterocycles. The Bertz CT molecular complexity index is 352. The Labute approximate surface area is 111 Å². The summed E-state index contributed by atoms with van der Waals surface area (Å²) in [5.41, 5.74) is 7.68. The van der Waals surface area contributed by atoms with Gasteiger partial charge in [0, 0.05) is 25.2 Å². The zero-order chi connectivity index (χ0) is 13.0. The van der Waals surface area contributed by atoms with E-state index in [4.69, 9.17) is 5.73 Å². The molecule has 1 aliphatic heterocycles. The third kappa shape index (κ3) is 3.31. The summed E-state index contributed by atoms with van der Waals surface area (Å²) >= 11 is 0. The molecule has 2 rings (SSSR count). The standard InChI is InChI=1S/C15H25N3/c1-3-18(11-13-7-5-4-6-8-13)15-12-17(2)10-9-14(15)16/h4-8,14-15H,3,9-12,16H2,1-2H3. The first kappa shape index (κ1) is 13.5. The number of benzene rings is 1. The van der Waals surface area contributed by atoms with Crippen LogP contribution in [0.1, 0.15) is 18.9 Å². The van der Waals surface area contributed by atoms with Gasteiger partial charge in [-0.3, -0.25) is 4.90 Å². The summed E-state index contributed by atoms with van der Waals surface area (Å²) in [6.45, 7) is 6.50. The SMILES string of the molecule is CCN(Cc1ccccc1)C1CN(C)CCC1N. The van der Waals surface area contributed by atoms with Gasteiger partial charge in [-0.1, -0.05) is 37.3 Å². The number of hydrogen-bond donors (Lipinski definition) is 1. The highest BCUT2D eigenvalue weighted by molar-refractivity contribution is 5.14. The van der Waals surface area contributed by atoms with Crippen molar-refractivity contribution in [3.63, 3.8) is 0 Å². The summed E-state index contributed by atoms with van der Waals surface area (Å²) < 4.78 is 0. The summed E-state index contributed by atoms with van der Waals surface area (Å²) in [4.78, 5) is 4.90. The Kier molecular flexibility index (Phi) is 4.75. The molecule has 2 N–H and O–H groups in total. The van der Waals surface area contributed by atoms with Crippen molar-refractivity contribution in [3.05, 3.63) is 35.9 Å². The lowest BCUT2D eigenvalue weighted by Crippen LogP contribution is -2.57. The van der Waals surface area contributed by atoms with Crippen LogP contribution in [0, 0.1) is 0 Å². The van der Waals surface area contributed by atoms with Crippen LogP contribution in [-0.4, -0.2) is 48.6 Å². The number of piperidine rings is 1. The Morgan fingerprint density at radius 1 is 1.33 bits per heavy atom. The quantitative estimate of drug-likeness (QED) is 0.876. The van der Waals surface area contributed by atoms with Gasteiger partial charge in [-0.25, -0.2) is 0 Å². The van der Waals surface area contributed by atoms with Crippen molar-refractivity contribution in [2.24, 2.45) is 5.73 Å². The molecule has 0 aromatic heterocycles. The van der Waals surface area contributed by atoms with Crippen LogP contribution in [0.15, 0.2) is 30.3 Å². The van der Waals surface area contributed by atoms with Crippen LogP contribution in [0.5, 0.6) is 0 Å². The molecule has 1 aliphatic rings. The molecule has 2 unspecified atom stereocenters. The van der Waals surface area contributed by atoms with E-state index in [1.807, 2.05) is 0 Å². The molecule has 0 bridgehead atoms. The fourth-order valence-corrected chi connectivity index (χ4v) is 2.78. The van der Waals surface area contributed by atoms with Gasteiger partial charge in [0.05, 0.1) is 0 Å². The highest BCUT2D eigenvalue weighted by Crippen LogP contribution is 2.16. The number of likely N-dealkylation sites (tertiary alicyclic amines) is 1. The number of hydrogen-bond acceptors (Lipinski definition) is 3. The Morgan fingerprint density at radius 2 is 2.06 bits per heavy atom. The highest BCUT2D eigenvalue weighted by Gasteiger charge is 2.29. The molecule has 0 radical (unpaired) electrons. The molecule has 3 heteroatoms. The zero-order valence-electron chi connectivity index (χ0n) is 11.5. The van der Waals surface area contributed by atoms with Crippen LogP contribution in [0.2, 0.25) is 0 Å².